The Kier molecular flexibility index (Phi) is 8.13. The normalized spacial score (nSPS) is 15.5. The van der Waals surface area contributed by atoms with Crippen LogP contribution in [0.5, 0.6) is 0 Å². The van der Waals surface area contributed by atoms with E-state index in [0.29, 0.717) is 5.56 Å². The van der Waals surface area contributed by atoms with Gasteiger partial charge in [0.1, 0.15) is 17.5 Å². The summed E-state index contributed by atoms with van der Waals surface area (Å²) >= 11 is 0. The van der Waals surface area contributed by atoms with Crippen LogP contribution in [0.1, 0.15) is 28.4 Å². The molecule has 1 aliphatic heterocycles. The molecule has 0 radical (unpaired) electrons. The van der Waals surface area contributed by atoms with Crippen LogP contribution in [-0.2, 0) is 9.59 Å². The minimum atomic E-state index is -1.51. The van der Waals surface area contributed by atoms with E-state index in [4.69, 9.17) is 0 Å². The maximum Gasteiger partial charge on any atom is 0.323 e. The Morgan fingerprint density at radius 1 is 0.795 bits per heavy atom. The Balaban J connectivity index is 1.63. The first kappa shape index (κ1) is 27.2. The lowest BCUT2D eigenvalue weighted by molar-refractivity contribution is -0.138. The largest absolute Gasteiger partial charge is 0.481 e. The number of benzene rings is 3. The van der Waals surface area contributed by atoms with Crippen molar-refractivity contribution in [2.45, 2.75) is 18.6 Å². The zero-order chi connectivity index (χ0) is 28.1. The van der Waals surface area contributed by atoms with Gasteiger partial charge in [-0.25, -0.2) is 18.0 Å². The van der Waals surface area contributed by atoms with Gasteiger partial charge >= 0.3 is 12.0 Å². The number of aliphatic carboxylic acids is 1. The van der Waals surface area contributed by atoms with Crippen LogP contribution in [-0.4, -0.2) is 58.0 Å². The molecule has 4 rings (SSSR count). The monoisotopic (exact) mass is 540 g/mol. The van der Waals surface area contributed by atoms with Gasteiger partial charge in [0.25, 0.3) is 11.8 Å². The van der Waals surface area contributed by atoms with E-state index in [0.717, 1.165) is 46.2 Å². The summed E-state index contributed by atoms with van der Waals surface area (Å²) in [5.74, 6) is -4.43. The third-order valence-electron chi connectivity index (χ3n) is 6.08. The summed E-state index contributed by atoms with van der Waals surface area (Å²) in [5.41, 5.74) is 0.596. The molecule has 0 spiro atoms. The molecule has 12 heteroatoms. The fourth-order valence-electron chi connectivity index (χ4n) is 4.19. The maximum atomic E-state index is 13.6. The highest BCUT2D eigenvalue weighted by molar-refractivity contribution is 6.00. The minimum Gasteiger partial charge on any atom is -0.481 e. The number of carbonyl (C=O) groups is 4. The zero-order valence-electron chi connectivity index (χ0n) is 20.3. The standard InChI is InChI=1S/C27H23F3N4O5/c28-18-5-1-16(2-6-18)22(15-23(35)36)32-24(37)25-33(26(38)17-3-7-19(29)8-4-17)13-14-34(25)27(39)31-21-11-9-20(30)10-12-21/h1-12,22,25H,13-15H2,(H,31,39)(H,32,37)(H,35,36). The fraction of sp³-hybridized carbons (Fsp3) is 0.185. The number of rotatable bonds is 7. The minimum absolute atomic E-state index is 0.0642. The van der Waals surface area contributed by atoms with E-state index in [9.17, 15) is 37.5 Å². The Morgan fingerprint density at radius 2 is 1.31 bits per heavy atom. The van der Waals surface area contributed by atoms with E-state index in [1.54, 1.807) is 0 Å². The molecular weight excluding hydrogens is 517 g/mol. The molecule has 1 saturated heterocycles. The predicted molar refractivity (Wildman–Crippen MR) is 133 cm³/mol. The zero-order valence-corrected chi connectivity index (χ0v) is 20.3. The number of nitrogens with zero attached hydrogens (tertiary/aromatic N) is 2. The quantitative estimate of drug-likeness (QED) is 0.422. The Labute approximate surface area is 220 Å². The van der Waals surface area contributed by atoms with Gasteiger partial charge in [-0.3, -0.25) is 19.3 Å². The van der Waals surface area contributed by atoms with Gasteiger partial charge in [-0.15, -0.1) is 0 Å². The molecule has 3 N–H and O–H groups in total. The van der Waals surface area contributed by atoms with Crippen LogP contribution in [0.3, 0.4) is 0 Å². The number of nitrogens with one attached hydrogen (secondary N) is 2. The topological polar surface area (TPSA) is 119 Å². The summed E-state index contributed by atoms with van der Waals surface area (Å²) < 4.78 is 40.2. The molecule has 4 amide bonds. The Bertz CT molecular complexity index is 1370. The van der Waals surface area contributed by atoms with Gasteiger partial charge in [-0.1, -0.05) is 12.1 Å². The van der Waals surface area contributed by atoms with Crippen LogP contribution in [0, 0.1) is 17.5 Å². The fourth-order valence-corrected chi connectivity index (χ4v) is 4.19. The van der Waals surface area contributed by atoms with Gasteiger partial charge < -0.3 is 20.6 Å². The van der Waals surface area contributed by atoms with E-state index in [-0.39, 0.29) is 24.3 Å². The summed E-state index contributed by atoms with van der Waals surface area (Å²) in [6.07, 6.45) is -2.07. The number of amides is 4. The van der Waals surface area contributed by atoms with E-state index in [1.165, 1.54) is 36.4 Å². The molecule has 0 aromatic heterocycles. The average Bonchev–Trinajstić information content (AvgIpc) is 3.35. The Hall–Kier alpha value is -4.87. The highest BCUT2D eigenvalue weighted by Crippen LogP contribution is 2.23. The van der Waals surface area contributed by atoms with Gasteiger partial charge in [0.15, 0.2) is 6.17 Å². The number of carbonyl (C=O) groups excluding carboxylic acids is 3. The number of anilines is 1. The van der Waals surface area contributed by atoms with Crippen molar-refractivity contribution in [1.82, 2.24) is 15.1 Å². The molecular formula is C27H23F3N4O5. The van der Waals surface area contributed by atoms with Gasteiger partial charge in [0, 0.05) is 24.3 Å². The van der Waals surface area contributed by atoms with E-state index in [2.05, 4.69) is 10.6 Å². The van der Waals surface area contributed by atoms with Crippen molar-refractivity contribution in [2.24, 2.45) is 0 Å². The summed E-state index contributed by atoms with van der Waals surface area (Å²) in [4.78, 5) is 53.7. The maximum absolute atomic E-state index is 13.6. The first-order valence-electron chi connectivity index (χ1n) is 11.8. The number of carboxylic acids is 1. The second-order valence-corrected chi connectivity index (χ2v) is 8.72. The highest BCUT2D eigenvalue weighted by atomic mass is 19.1. The van der Waals surface area contributed by atoms with Crippen molar-refractivity contribution in [1.29, 1.82) is 0 Å². The molecule has 0 bridgehead atoms. The molecule has 202 valence electrons. The Morgan fingerprint density at radius 3 is 1.87 bits per heavy atom. The lowest BCUT2D eigenvalue weighted by Gasteiger charge is -2.31. The van der Waals surface area contributed by atoms with Crippen molar-refractivity contribution in [3.63, 3.8) is 0 Å². The lowest BCUT2D eigenvalue weighted by Crippen LogP contribution is -2.55. The second kappa shape index (κ2) is 11.7. The van der Waals surface area contributed by atoms with Crippen LogP contribution in [0.15, 0.2) is 72.8 Å². The first-order chi connectivity index (χ1) is 18.6. The van der Waals surface area contributed by atoms with Gasteiger partial charge in [0.05, 0.1) is 12.5 Å². The van der Waals surface area contributed by atoms with Crippen molar-refractivity contribution < 1.29 is 37.5 Å². The molecule has 0 saturated carbocycles. The molecule has 3 aromatic carbocycles. The average molecular weight is 540 g/mol. The van der Waals surface area contributed by atoms with Crippen LogP contribution >= 0.6 is 0 Å². The smallest absolute Gasteiger partial charge is 0.323 e. The van der Waals surface area contributed by atoms with Gasteiger partial charge in [-0.2, -0.15) is 0 Å². The molecule has 1 heterocycles. The van der Waals surface area contributed by atoms with E-state index >= 15 is 0 Å². The summed E-state index contributed by atoms with van der Waals surface area (Å²) in [5, 5.41) is 14.5. The second-order valence-electron chi connectivity index (χ2n) is 8.72. The number of carboxylic acid groups (broad SMARTS) is 1. The van der Waals surface area contributed by atoms with Gasteiger partial charge in [-0.05, 0) is 66.2 Å². The molecule has 0 aliphatic carbocycles. The summed E-state index contributed by atoms with van der Waals surface area (Å²) in [6, 6.07) is 12.5. The predicted octanol–water partition coefficient (Wildman–Crippen LogP) is 3.75. The number of hydrogen-bond donors (Lipinski definition) is 3. The van der Waals surface area contributed by atoms with Crippen molar-refractivity contribution in [2.75, 3.05) is 18.4 Å². The first-order valence-corrected chi connectivity index (χ1v) is 11.8. The SMILES string of the molecule is O=C(O)CC(NC(=O)C1N(C(=O)Nc2ccc(F)cc2)CCN1C(=O)c1ccc(F)cc1)c1ccc(F)cc1. The molecule has 2 unspecified atom stereocenters. The van der Waals surface area contributed by atoms with Crippen molar-refractivity contribution >= 4 is 29.5 Å². The molecule has 1 fully saturated rings. The van der Waals surface area contributed by atoms with Crippen LogP contribution in [0.4, 0.5) is 23.7 Å². The molecule has 3 aromatic rings. The molecule has 39 heavy (non-hydrogen) atoms. The third kappa shape index (κ3) is 6.53. The molecule has 9 nitrogen and oxygen atoms in total. The summed E-state index contributed by atoms with van der Waals surface area (Å²) in [7, 11) is 0. The van der Waals surface area contributed by atoms with Crippen LogP contribution in [0.2, 0.25) is 0 Å². The van der Waals surface area contributed by atoms with Gasteiger partial charge in [0.2, 0.25) is 0 Å². The summed E-state index contributed by atoms with van der Waals surface area (Å²) in [6.45, 7) is -0.135. The number of halogens is 3. The van der Waals surface area contributed by atoms with E-state index in [1.807, 2.05) is 0 Å². The lowest BCUT2D eigenvalue weighted by atomic mass is 10.0. The third-order valence-corrected chi connectivity index (χ3v) is 6.08. The highest BCUT2D eigenvalue weighted by Gasteiger charge is 2.43. The van der Waals surface area contributed by atoms with Crippen LogP contribution < -0.4 is 10.6 Å². The number of hydrogen-bond acceptors (Lipinski definition) is 4. The van der Waals surface area contributed by atoms with Crippen LogP contribution in [0.25, 0.3) is 0 Å². The molecule has 1 aliphatic rings. The van der Waals surface area contributed by atoms with Crippen molar-refractivity contribution in [3.8, 4) is 0 Å². The van der Waals surface area contributed by atoms with E-state index < -0.39 is 59.9 Å². The number of urea groups is 1. The molecule has 2 atom stereocenters. The van der Waals surface area contributed by atoms with Crippen molar-refractivity contribution in [3.05, 3.63) is 101 Å².